The first kappa shape index (κ1) is 14.3. The van der Waals surface area contributed by atoms with Gasteiger partial charge in [0.05, 0.1) is 6.61 Å². The molecule has 0 aromatic carbocycles. The van der Waals surface area contributed by atoms with Crippen molar-refractivity contribution in [1.29, 1.82) is 0 Å². The van der Waals surface area contributed by atoms with Gasteiger partial charge in [0.1, 0.15) is 18.5 Å². The Morgan fingerprint density at radius 2 is 2.00 bits per heavy atom. The molecule has 1 saturated heterocycles. The van der Waals surface area contributed by atoms with Crippen molar-refractivity contribution in [2.75, 3.05) is 6.61 Å². The van der Waals surface area contributed by atoms with Crippen LogP contribution < -0.4 is 5.14 Å². The Kier molecular flexibility index (Phi) is 3.83. The van der Waals surface area contributed by atoms with Crippen molar-refractivity contribution in [2.24, 2.45) is 5.14 Å². The molecule has 0 aliphatic carbocycles. The number of hydrogen-bond acceptors (Lipinski definition) is 7. The number of nitrogens with two attached hydrogens (primary N) is 1. The van der Waals surface area contributed by atoms with Gasteiger partial charge in [-0.3, -0.25) is 4.18 Å². The lowest BCUT2D eigenvalue weighted by Crippen LogP contribution is -2.28. The van der Waals surface area contributed by atoms with E-state index >= 15 is 0 Å². The van der Waals surface area contributed by atoms with E-state index in [2.05, 4.69) is 14.2 Å². The van der Waals surface area contributed by atoms with E-state index in [1.807, 2.05) is 0 Å². The van der Waals surface area contributed by atoms with Crippen LogP contribution in [0.4, 0.5) is 0 Å². The molecule has 9 heteroatoms. The molecule has 0 amide bonds. The third-order valence-corrected chi connectivity index (χ3v) is 2.95. The highest BCUT2D eigenvalue weighted by atomic mass is 32.2. The van der Waals surface area contributed by atoms with Crippen LogP contribution in [0.25, 0.3) is 0 Å². The van der Waals surface area contributed by atoms with E-state index in [1.165, 1.54) is 6.33 Å². The molecule has 1 aliphatic heterocycles. The molecule has 106 valence electrons. The average molecular weight is 289 g/mol. The van der Waals surface area contributed by atoms with Crippen molar-refractivity contribution < 1.29 is 22.1 Å². The molecule has 2 unspecified atom stereocenters. The molecule has 19 heavy (non-hydrogen) atoms. The zero-order chi connectivity index (χ0) is 14.1. The highest BCUT2D eigenvalue weighted by molar-refractivity contribution is 7.84. The van der Waals surface area contributed by atoms with Crippen molar-refractivity contribution in [3.05, 3.63) is 24.3 Å². The van der Waals surface area contributed by atoms with Gasteiger partial charge in [-0.05, 0) is 13.8 Å². The molecule has 1 aliphatic rings. The Balaban J connectivity index is 2.15. The fourth-order valence-corrected chi connectivity index (χ4v) is 2.18. The van der Waals surface area contributed by atoms with Gasteiger partial charge in [-0.15, -0.1) is 0 Å². The maximum atomic E-state index is 10.8. The molecule has 2 atom stereocenters. The number of rotatable bonds is 4. The molecular formula is C10H15N3O5S. The van der Waals surface area contributed by atoms with E-state index in [4.69, 9.17) is 14.6 Å². The minimum Gasteiger partial charge on any atom is -0.342 e. The molecule has 8 nitrogen and oxygen atoms in total. The van der Waals surface area contributed by atoms with Gasteiger partial charge < -0.3 is 9.47 Å². The minimum atomic E-state index is -4.02. The molecular weight excluding hydrogens is 274 g/mol. The van der Waals surface area contributed by atoms with E-state index < -0.39 is 28.3 Å². The summed E-state index contributed by atoms with van der Waals surface area (Å²) in [5.41, 5.74) is 0.677. The van der Waals surface area contributed by atoms with E-state index in [0.717, 1.165) is 0 Å². The maximum Gasteiger partial charge on any atom is 0.333 e. The third-order valence-electron chi connectivity index (χ3n) is 2.49. The largest absolute Gasteiger partial charge is 0.342 e. The first-order valence-electron chi connectivity index (χ1n) is 5.54. The van der Waals surface area contributed by atoms with Gasteiger partial charge in [0.25, 0.3) is 0 Å². The predicted octanol–water partition coefficient (Wildman–Crippen LogP) is -0.111. The van der Waals surface area contributed by atoms with Gasteiger partial charge >= 0.3 is 10.3 Å². The van der Waals surface area contributed by atoms with Crippen molar-refractivity contribution in [3.8, 4) is 0 Å². The second-order valence-corrected chi connectivity index (χ2v) is 5.77. The highest BCUT2D eigenvalue weighted by Gasteiger charge is 2.43. The Morgan fingerprint density at radius 3 is 2.58 bits per heavy atom. The maximum absolute atomic E-state index is 10.8. The van der Waals surface area contributed by atoms with Crippen molar-refractivity contribution in [2.45, 2.75) is 31.8 Å². The molecule has 0 saturated carbocycles. The summed E-state index contributed by atoms with van der Waals surface area (Å²) in [6, 6.07) is 0. The number of nitrogens with zero attached hydrogens (tertiary/aromatic N) is 2. The Labute approximate surface area is 111 Å². The van der Waals surface area contributed by atoms with Crippen molar-refractivity contribution in [3.63, 3.8) is 0 Å². The van der Waals surface area contributed by atoms with Gasteiger partial charge in [0, 0.05) is 18.0 Å². The number of ether oxygens (including phenoxy) is 2. The first-order chi connectivity index (χ1) is 8.77. The smallest absolute Gasteiger partial charge is 0.333 e. The summed E-state index contributed by atoms with van der Waals surface area (Å²) >= 11 is 0. The first-order valence-corrected chi connectivity index (χ1v) is 7.02. The third kappa shape index (κ3) is 3.91. The molecule has 1 aromatic rings. The van der Waals surface area contributed by atoms with Crippen LogP contribution in [0.5, 0.6) is 0 Å². The predicted molar refractivity (Wildman–Crippen MR) is 63.9 cm³/mol. The fraction of sp³-hybridized carbons (Fsp3) is 0.600. The van der Waals surface area contributed by atoms with Crippen molar-refractivity contribution >= 4 is 10.3 Å². The van der Waals surface area contributed by atoms with E-state index in [0.29, 0.717) is 5.56 Å². The van der Waals surface area contributed by atoms with Crippen LogP contribution in [0.15, 0.2) is 18.7 Å². The van der Waals surface area contributed by atoms with Crippen LogP contribution in [-0.4, -0.2) is 36.9 Å². The topological polar surface area (TPSA) is 114 Å². The molecule has 1 fully saturated rings. The quantitative estimate of drug-likeness (QED) is 0.822. The lowest BCUT2D eigenvalue weighted by atomic mass is 10.1. The fourth-order valence-electron chi connectivity index (χ4n) is 1.86. The zero-order valence-corrected chi connectivity index (χ0v) is 11.3. The Morgan fingerprint density at radius 1 is 1.37 bits per heavy atom. The Bertz CT molecular complexity index is 533. The number of aromatic nitrogens is 2. The second-order valence-electron chi connectivity index (χ2n) is 4.54. The molecule has 0 bridgehead atoms. The summed E-state index contributed by atoms with van der Waals surface area (Å²) < 4.78 is 37.5. The Hall–Kier alpha value is -1.13. The lowest BCUT2D eigenvalue weighted by molar-refractivity contribution is -0.148. The monoisotopic (exact) mass is 289 g/mol. The van der Waals surface area contributed by atoms with Crippen LogP contribution in [0.3, 0.4) is 0 Å². The molecule has 2 rings (SSSR count). The van der Waals surface area contributed by atoms with E-state index in [9.17, 15) is 8.42 Å². The lowest BCUT2D eigenvalue weighted by Gasteiger charge is -2.16. The second kappa shape index (κ2) is 5.10. The average Bonchev–Trinajstić information content (AvgIpc) is 2.62. The van der Waals surface area contributed by atoms with Crippen LogP contribution in [-0.2, 0) is 24.0 Å². The molecule has 2 N–H and O–H groups in total. The summed E-state index contributed by atoms with van der Waals surface area (Å²) in [5.74, 6) is -0.854. The highest BCUT2D eigenvalue weighted by Crippen LogP contribution is 2.37. The van der Waals surface area contributed by atoms with Gasteiger partial charge in [-0.25, -0.2) is 15.1 Å². The SMILES string of the molecule is CC1(C)OC(COS(N)(=O)=O)C(c2cncnc2)O1. The van der Waals surface area contributed by atoms with E-state index in [1.54, 1.807) is 26.2 Å². The van der Waals surface area contributed by atoms with Crippen LogP contribution in [0, 0.1) is 0 Å². The van der Waals surface area contributed by atoms with Gasteiger partial charge in [-0.1, -0.05) is 0 Å². The summed E-state index contributed by atoms with van der Waals surface area (Å²) in [6.07, 6.45) is 3.41. The molecule has 0 radical (unpaired) electrons. The summed E-state index contributed by atoms with van der Waals surface area (Å²) in [4.78, 5) is 7.78. The summed E-state index contributed by atoms with van der Waals surface area (Å²) in [7, 11) is -4.02. The van der Waals surface area contributed by atoms with Crippen LogP contribution >= 0.6 is 0 Å². The van der Waals surface area contributed by atoms with Gasteiger partial charge in [0.2, 0.25) is 0 Å². The van der Waals surface area contributed by atoms with E-state index in [-0.39, 0.29) is 6.61 Å². The number of hydrogen-bond donors (Lipinski definition) is 1. The zero-order valence-electron chi connectivity index (χ0n) is 10.5. The van der Waals surface area contributed by atoms with Crippen LogP contribution in [0.2, 0.25) is 0 Å². The van der Waals surface area contributed by atoms with Gasteiger partial charge in [0.15, 0.2) is 5.79 Å². The summed E-state index contributed by atoms with van der Waals surface area (Å²) in [5, 5.41) is 4.79. The minimum absolute atomic E-state index is 0.234. The standard InChI is InChI=1S/C10H15N3O5S/c1-10(2)17-8(5-16-19(11,14)15)9(18-10)7-3-12-6-13-4-7/h3-4,6,8-9H,5H2,1-2H3,(H2,11,14,15). The molecule has 1 aromatic heterocycles. The molecule has 2 heterocycles. The summed E-state index contributed by atoms with van der Waals surface area (Å²) in [6.45, 7) is 3.21. The van der Waals surface area contributed by atoms with Crippen LogP contribution in [0.1, 0.15) is 25.5 Å². The van der Waals surface area contributed by atoms with Gasteiger partial charge in [-0.2, -0.15) is 8.42 Å². The normalized spacial score (nSPS) is 26.5. The van der Waals surface area contributed by atoms with Crippen molar-refractivity contribution in [1.82, 2.24) is 9.97 Å². The molecule has 0 spiro atoms.